The smallest absolute Gasteiger partial charge is 0.254 e. The van der Waals surface area contributed by atoms with Gasteiger partial charge < -0.3 is 20.7 Å². The molecule has 0 saturated heterocycles. The van der Waals surface area contributed by atoms with Crippen molar-refractivity contribution in [2.75, 3.05) is 13.7 Å². The van der Waals surface area contributed by atoms with Crippen molar-refractivity contribution in [3.8, 4) is 16.9 Å². The van der Waals surface area contributed by atoms with Crippen LogP contribution in [-0.4, -0.2) is 48.4 Å². The van der Waals surface area contributed by atoms with E-state index >= 15 is 0 Å². The summed E-state index contributed by atoms with van der Waals surface area (Å²) < 4.78 is 5.81. The van der Waals surface area contributed by atoms with Crippen LogP contribution < -0.4 is 15.8 Å². The summed E-state index contributed by atoms with van der Waals surface area (Å²) in [5.41, 5.74) is 7.71. The summed E-state index contributed by atoms with van der Waals surface area (Å²) in [4.78, 5) is 38.5. The molecule has 1 heterocycles. The number of amides is 3. The van der Waals surface area contributed by atoms with Crippen LogP contribution in [0.3, 0.4) is 0 Å². The number of hydrogen-bond acceptors (Lipinski definition) is 4. The molecule has 3 amide bonds. The number of primary amides is 1. The Bertz CT molecular complexity index is 928. The third-order valence-corrected chi connectivity index (χ3v) is 4.95. The second-order valence-electron chi connectivity index (χ2n) is 7.26. The quantitative estimate of drug-likeness (QED) is 0.771. The average molecular weight is 395 g/mol. The van der Waals surface area contributed by atoms with Gasteiger partial charge in [0.2, 0.25) is 11.8 Å². The fraction of sp³-hybridized carbons (Fsp3) is 0.318. The van der Waals surface area contributed by atoms with Crippen molar-refractivity contribution in [2.24, 2.45) is 5.73 Å². The summed E-state index contributed by atoms with van der Waals surface area (Å²) in [6, 6.07) is 13.6. The highest BCUT2D eigenvalue weighted by molar-refractivity contribution is 5.98. The van der Waals surface area contributed by atoms with Crippen molar-refractivity contribution >= 4 is 17.7 Å². The van der Waals surface area contributed by atoms with Crippen molar-refractivity contribution in [1.82, 2.24) is 10.2 Å². The molecule has 0 spiro atoms. The van der Waals surface area contributed by atoms with E-state index in [1.165, 1.54) is 11.9 Å². The highest BCUT2D eigenvalue weighted by atomic mass is 16.5. The lowest BCUT2D eigenvalue weighted by atomic mass is 10.0. The topological polar surface area (TPSA) is 102 Å². The fourth-order valence-corrected chi connectivity index (χ4v) is 3.35. The van der Waals surface area contributed by atoms with E-state index in [1.807, 2.05) is 37.3 Å². The van der Waals surface area contributed by atoms with Gasteiger partial charge in [-0.15, -0.1) is 0 Å². The summed E-state index contributed by atoms with van der Waals surface area (Å²) in [7, 11) is 1.53. The van der Waals surface area contributed by atoms with E-state index in [-0.39, 0.29) is 30.7 Å². The minimum atomic E-state index is -0.875. The van der Waals surface area contributed by atoms with Crippen LogP contribution in [-0.2, 0) is 9.59 Å². The van der Waals surface area contributed by atoms with Gasteiger partial charge in [0, 0.05) is 19.0 Å². The Balaban J connectivity index is 2.00. The van der Waals surface area contributed by atoms with Gasteiger partial charge in [0.15, 0.2) is 0 Å². The molecule has 2 atom stereocenters. The number of nitrogens with one attached hydrogen (secondary N) is 1. The van der Waals surface area contributed by atoms with E-state index < -0.39 is 11.9 Å². The zero-order valence-corrected chi connectivity index (χ0v) is 16.6. The maximum atomic E-state index is 13.0. The monoisotopic (exact) mass is 395 g/mol. The molecule has 4 bridgehead atoms. The molecule has 0 unspecified atom stereocenters. The minimum Gasteiger partial charge on any atom is -0.491 e. The van der Waals surface area contributed by atoms with Crippen LogP contribution in [0.5, 0.6) is 5.75 Å². The number of nitrogens with two attached hydrogens (primary N) is 1. The van der Waals surface area contributed by atoms with E-state index in [9.17, 15) is 14.4 Å². The number of ether oxygens (including phenoxy) is 1. The van der Waals surface area contributed by atoms with Crippen molar-refractivity contribution in [2.45, 2.75) is 31.8 Å². The van der Waals surface area contributed by atoms with E-state index in [4.69, 9.17) is 10.5 Å². The molecule has 0 radical (unpaired) electrons. The second kappa shape index (κ2) is 8.77. The molecule has 2 aromatic rings. The van der Waals surface area contributed by atoms with Gasteiger partial charge in [-0.3, -0.25) is 14.4 Å². The van der Waals surface area contributed by atoms with Gasteiger partial charge in [-0.25, -0.2) is 0 Å². The molecule has 3 rings (SSSR count). The molecule has 0 saturated carbocycles. The highest BCUT2D eigenvalue weighted by Gasteiger charge is 2.27. The van der Waals surface area contributed by atoms with Gasteiger partial charge >= 0.3 is 0 Å². The maximum absolute atomic E-state index is 13.0. The Kier molecular flexibility index (Phi) is 6.16. The number of carbonyl (C=O) groups is 3. The number of hydrogen-bond donors (Lipinski definition) is 2. The van der Waals surface area contributed by atoms with Crippen molar-refractivity contribution in [3.63, 3.8) is 0 Å². The largest absolute Gasteiger partial charge is 0.491 e. The predicted molar refractivity (Wildman–Crippen MR) is 109 cm³/mol. The highest BCUT2D eigenvalue weighted by Crippen LogP contribution is 2.25. The van der Waals surface area contributed by atoms with Gasteiger partial charge in [0.25, 0.3) is 5.91 Å². The Hall–Kier alpha value is -3.35. The molecule has 7 nitrogen and oxygen atoms in total. The van der Waals surface area contributed by atoms with Crippen LogP contribution in [0, 0.1) is 0 Å². The molecule has 2 aromatic carbocycles. The Morgan fingerprint density at radius 3 is 2.48 bits per heavy atom. The fourth-order valence-electron chi connectivity index (χ4n) is 3.35. The number of nitrogens with zero attached hydrogens (tertiary/aromatic N) is 1. The van der Waals surface area contributed by atoms with Gasteiger partial charge in [0.05, 0.1) is 6.04 Å². The number of benzene rings is 2. The summed E-state index contributed by atoms with van der Waals surface area (Å²) in [5, 5.41) is 2.84. The number of fused-ring (bicyclic) bond motifs is 5. The first-order chi connectivity index (χ1) is 13.8. The third-order valence-electron chi connectivity index (χ3n) is 4.95. The molecule has 0 fully saturated rings. The first kappa shape index (κ1) is 20.4. The maximum Gasteiger partial charge on any atom is 0.254 e. The van der Waals surface area contributed by atoms with Gasteiger partial charge in [-0.1, -0.05) is 24.3 Å². The zero-order chi connectivity index (χ0) is 21.0. The Labute approximate surface area is 169 Å². The molecule has 29 heavy (non-hydrogen) atoms. The van der Waals surface area contributed by atoms with Crippen LogP contribution in [0.25, 0.3) is 11.1 Å². The summed E-state index contributed by atoms with van der Waals surface area (Å²) in [6.45, 7) is 2.16. The van der Waals surface area contributed by atoms with Crippen LogP contribution in [0.1, 0.15) is 30.1 Å². The predicted octanol–water partition coefficient (Wildman–Crippen LogP) is 1.96. The van der Waals surface area contributed by atoms with Crippen molar-refractivity contribution in [1.29, 1.82) is 0 Å². The van der Waals surface area contributed by atoms with E-state index in [0.29, 0.717) is 17.9 Å². The van der Waals surface area contributed by atoms with Crippen LogP contribution in [0.15, 0.2) is 48.5 Å². The molecule has 0 aliphatic carbocycles. The SMILES string of the molecule is C[C@H]1COc2cccc(c2)-c2cccc(c2)C(=O)N(C)[C@H](C(N)=O)CCC(=O)N1. The van der Waals surface area contributed by atoms with Crippen LogP contribution in [0.4, 0.5) is 0 Å². The first-order valence-electron chi connectivity index (χ1n) is 9.54. The van der Waals surface area contributed by atoms with Crippen LogP contribution in [0.2, 0.25) is 0 Å². The molecule has 7 heteroatoms. The van der Waals surface area contributed by atoms with Crippen LogP contribution >= 0.6 is 0 Å². The van der Waals surface area contributed by atoms with Crippen molar-refractivity contribution in [3.05, 3.63) is 54.1 Å². The standard InChI is InChI=1S/C22H25N3O4/c1-14-13-29-18-8-4-6-16(12-18)15-5-3-7-17(11-15)22(28)25(2)19(21(23)27)9-10-20(26)24-14/h3-8,11-12,14,19H,9-10,13H2,1-2H3,(H2,23,27)(H,24,26)/t14-,19-/m0/s1. The number of carbonyl (C=O) groups excluding carboxylic acids is 3. The van der Waals surface area contributed by atoms with E-state index in [1.54, 1.807) is 18.2 Å². The lowest BCUT2D eigenvalue weighted by molar-refractivity contribution is -0.124. The first-order valence-corrected chi connectivity index (χ1v) is 9.54. The number of likely N-dealkylation sites (N-methyl/N-ethyl adjacent to an activating group) is 1. The van der Waals surface area contributed by atoms with Gasteiger partial charge in [-0.2, -0.15) is 0 Å². The molecular weight excluding hydrogens is 370 g/mol. The molecule has 0 aromatic heterocycles. The molecule has 152 valence electrons. The van der Waals surface area contributed by atoms with Gasteiger partial charge in [-0.05, 0) is 48.7 Å². The third kappa shape index (κ3) is 4.93. The summed E-state index contributed by atoms with van der Waals surface area (Å²) in [6.07, 6.45) is 0.223. The van der Waals surface area contributed by atoms with Crippen molar-refractivity contribution < 1.29 is 19.1 Å². The second-order valence-corrected chi connectivity index (χ2v) is 7.26. The molecule has 1 aliphatic rings. The normalized spacial score (nSPS) is 20.6. The lowest BCUT2D eigenvalue weighted by Gasteiger charge is -2.26. The van der Waals surface area contributed by atoms with E-state index in [2.05, 4.69) is 5.32 Å². The molecule has 3 N–H and O–H groups in total. The lowest BCUT2D eigenvalue weighted by Crippen LogP contribution is -2.46. The molecular formula is C22H25N3O4. The average Bonchev–Trinajstić information content (AvgIpc) is 2.71. The summed E-state index contributed by atoms with van der Waals surface area (Å²) in [5.74, 6) is -0.520. The Morgan fingerprint density at radius 1 is 1.10 bits per heavy atom. The van der Waals surface area contributed by atoms with Gasteiger partial charge in [0.1, 0.15) is 18.4 Å². The summed E-state index contributed by atoms with van der Waals surface area (Å²) >= 11 is 0. The van der Waals surface area contributed by atoms with E-state index in [0.717, 1.165) is 11.1 Å². The number of rotatable bonds is 1. The molecule has 1 aliphatic heterocycles. The zero-order valence-electron chi connectivity index (χ0n) is 16.6. The minimum absolute atomic E-state index is 0.0745. The Morgan fingerprint density at radius 2 is 1.76 bits per heavy atom.